The lowest BCUT2D eigenvalue weighted by molar-refractivity contribution is 0.312. The van der Waals surface area contributed by atoms with Gasteiger partial charge in [0.2, 0.25) is 0 Å². The number of halogens is 2. The van der Waals surface area contributed by atoms with E-state index in [-0.39, 0.29) is 0 Å². The molecule has 2 heterocycles. The Hall–Kier alpha value is -0.0900. The van der Waals surface area contributed by atoms with Crippen LogP contribution in [0.3, 0.4) is 0 Å². The summed E-state index contributed by atoms with van der Waals surface area (Å²) in [6, 6.07) is 6.81. The van der Waals surface area contributed by atoms with Crippen LogP contribution in [0.5, 0.6) is 0 Å². The molecule has 2 fully saturated rings. The fourth-order valence-corrected chi connectivity index (χ4v) is 3.76. The third-order valence-corrected chi connectivity index (χ3v) is 4.94. The highest BCUT2D eigenvalue weighted by Gasteiger charge is 2.34. The molecule has 4 heteroatoms. The summed E-state index contributed by atoms with van der Waals surface area (Å²) in [4.78, 5) is 2.53. The number of piperidine rings is 1. The van der Waals surface area contributed by atoms with Gasteiger partial charge < -0.3 is 5.32 Å². The highest BCUT2D eigenvalue weighted by atomic mass is 79.9. The summed E-state index contributed by atoms with van der Waals surface area (Å²) in [5, 5.41) is 4.51. The first-order chi connectivity index (χ1) is 8.72. The molecule has 1 N–H and O–H groups in total. The van der Waals surface area contributed by atoms with Gasteiger partial charge in [-0.2, -0.15) is 0 Å². The third kappa shape index (κ3) is 2.74. The lowest BCUT2D eigenvalue weighted by Crippen LogP contribution is -2.40. The summed E-state index contributed by atoms with van der Waals surface area (Å²) >= 11 is 9.78. The molecule has 0 radical (unpaired) electrons. The molecule has 1 aromatic carbocycles. The number of hydrogen-bond acceptors (Lipinski definition) is 2. The van der Waals surface area contributed by atoms with E-state index in [1.54, 1.807) is 0 Å². The normalized spacial score (nSPS) is 28.3. The summed E-state index contributed by atoms with van der Waals surface area (Å²) in [5.41, 5.74) is 1.23. The number of nitrogens with zero attached hydrogens (tertiary/aromatic N) is 1. The van der Waals surface area contributed by atoms with Gasteiger partial charge in [-0.1, -0.05) is 27.5 Å². The fourth-order valence-electron chi connectivity index (χ4n) is 3.17. The highest BCUT2D eigenvalue weighted by molar-refractivity contribution is 9.10. The van der Waals surface area contributed by atoms with E-state index in [0.717, 1.165) is 28.5 Å². The van der Waals surface area contributed by atoms with Crippen molar-refractivity contribution in [2.24, 2.45) is 5.92 Å². The Bertz CT molecular complexity index is 424. The second-order valence-electron chi connectivity index (χ2n) is 5.39. The van der Waals surface area contributed by atoms with E-state index in [1.165, 1.54) is 31.5 Å². The molecule has 2 atom stereocenters. The predicted molar refractivity (Wildman–Crippen MR) is 78.9 cm³/mol. The van der Waals surface area contributed by atoms with Crippen molar-refractivity contribution in [3.05, 3.63) is 33.3 Å². The van der Waals surface area contributed by atoms with Gasteiger partial charge in [0, 0.05) is 35.2 Å². The number of likely N-dealkylation sites (tertiary alicyclic amines) is 1. The van der Waals surface area contributed by atoms with E-state index in [9.17, 15) is 0 Å². The molecule has 0 bridgehead atoms. The van der Waals surface area contributed by atoms with Crippen molar-refractivity contribution < 1.29 is 0 Å². The molecule has 98 valence electrons. The van der Waals surface area contributed by atoms with Crippen molar-refractivity contribution in [1.82, 2.24) is 10.2 Å². The number of benzene rings is 1. The van der Waals surface area contributed by atoms with Crippen LogP contribution in [0.4, 0.5) is 0 Å². The molecule has 0 unspecified atom stereocenters. The molecule has 18 heavy (non-hydrogen) atoms. The van der Waals surface area contributed by atoms with Crippen molar-refractivity contribution in [1.29, 1.82) is 0 Å². The highest BCUT2D eigenvalue weighted by Crippen LogP contribution is 2.28. The van der Waals surface area contributed by atoms with Gasteiger partial charge in [-0.15, -0.1) is 0 Å². The molecule has 0 amide bonds. The van der Waals surface area contributed by atoms with Crippen molar-refractivity contribution in [2.45, 2.75) is 25.4 Å². The van der Waals surface area contributed by atoms with E-state index in [0.29, 0.717) is 6.04 Å². The first-order valence-electron chi connectivity index (χ1n) is 6.62. The Balaban J connectivity index is 1.68. The zero-order chi connectivity index (χ0) is 12.5. The Labute approximate surface area is 122 Å². The van der Waals surface area contributed by atoms with Crippen molar-refractivity contribution in [3.63, 3.8) is 0 Å². The zero-order valence-electron chi connectivity index (χ0n) is 10.3. The van der Waals surface area contributed by atoms with Crippen LogP contribution in [0.2, 0.25) is 5.02 Å². The zero-order valence-corrected chi connectivity index (χ0v) is 12.7. The maximum absolute atomic E-state index is 6.26. The molecular formula is C14H18BrClN2. The van der Waals surface area contributed by atoms with Crippen LogP contribution in [-0.4, -0.2) is 30.6 Å². The topological polar surface area (TPSA) is 15.3 Å². The van der Waals surface area contributed by atoms with Gasteiger partial charge in [0.1, 0.15) is 0 Å². The second kappa shape index (κ2) is 5.49. The van der Waals surface area contributed by atoms with Gasteiger partial charge in [-0.25, -0.2) is 0 Å². The molecule has 3 rings (SSSR count). The number of nitrogens with one attached hydrogen (secondary N) is 1. The molecule has 1 aromatic rings. The van der Waals surface area contributed by atoms with Gasteiger partial charge in [0.15, 0.2) is 0 Å². The number of rotatable bonds is 2. The summed E-state index contributed by atoms with van der Waals surface area (Å²) < 4.78 is 1.11. The maximum Gasteiger partial charge on any atom is 0.0451 e. The van der Waals surface area contributed by atoms with E-state index in [2.05, 4.69) is 32.2 Å². The molecule has 2 saturated heterocycles. The summed E-state index contributed by atoms with van der Waals surface area (Å²) in [6.45, 7) is 4.52. The van der Waals surface area contributed by atoms with Crippen LogP contribution in [-0.2, 0) is 6.54 Å². The molecule has 2 aliphatic heterocycles. The fraction of sp³-hybridized carbons (Fsp3) is 0.571. The van der Waals surface area contributed by atoms with Crippen LogP contribution in [0.1, 0.15) is 18.4 Å². The average Bonchev–Trinajstić information content (AvgIpc) is 2.76. The maximum atomic E-state index is 6.26. The summed E-state index contributed by atoms with van der Waals surface area (Å²) in [5.74, 6) is 0.838. The first kappa shape index (κ1) is 12.9. The van der Waals surface area contributed by atoms with Crippen LogP contribution < -0.4 is 5.32 Å². The lowest BCUT2D eigenvalue weighted by Gasteiger charge is -2.24. The molecule has 0 spiro atoms. The standard InChI is InChI=1S/C14H18BrClN2/c15-12-3-4-13(16)11(6-12)8-18-7-10-2-1-5-17-14(10)9-18/h3-4,6,10,14,17H,1-2,5,7-9H2/t10-,14+/m0/s1. The lowest BCUT2D eigenvalue weighted by atomic mass is 9.94. The minimum atomic E-state index is 0.699. The van der Waals surface area contributed by atoms with E-state index >= 15 is 0 Å². The Morgan fingerprint density at radius 2 is 2.28 bits per heavy atom. The van der Waals surface area contributed by atoms with Crippen LogP contribution >= 0.6 is 27.5 Å². The van der Waals surface area contributed by atoms with Crippen molar-refractivity contribution in [3.8, 4) is 0 Å². The predicted octanol–water partition coefficient (Wildman–Crippen LogP) is 3.29. The Morgan fingerprint density at radius 1 is 1.39 bits per heavy atom. The van der Waals surface area contributed by atoms with E-state index in [4.69, 9.17) is 11.6 Å². The van der Waals surface area contributed by atoms with Crippen LogP contribution in [0.25, 0.3) is 0 Å². The molecule has 0 aliphatic carbocycles. The molecular weight excluding hydrogens is 312 g/mol. The van der Waals surface area contributed by atoms with Crippen LogP contribution in [0, 0.1) is 5.92 Å². The average molecular weight is 330 g/mol. The minimum absolute atomic E-state index is 0.699. The van der Waals surface area contributed by atoms with Gasteiger partial charge in [-0.3, -0.25) is 4.90 Å². The van der Waals surface area contributed by atoms with Gasteiger partial charge in [-0.05, 0) is 49.1 Å². The number of hydrogen-bond donors (Lipinski definition) is 1. The number of fused-ring (bicyclic) bond motifs is 1. The monoisotopic (exact) mass is 328 g/mol. The molecule has 0 saturated carbocycles. The molecule has 2 nitrogen and oxygen atoms in total. The Kier molecular flexibility index (Phi) is 3.94. The summed E-state index contributed by atoms with van der Waals surface area (Å²) in [7, 11) is 0. The smallest absolute Gasteiger partial charge is 0.0451 e. The van der Waals surface area contributed by atoms with Crippen molar-refractivity contribution >= 4 is 27.5 Å². The SMILES string of the molecule is Clc1ccc(Br)cc1CN1C[C@@H]2CCCN[C@@H]2C1. The van der Waals surface area contributed by atoms with E-state index < -0.39 is 0 Å². The van der Waals surface area contributed by atoms with Gasteiger partial charge in [0.25, 0.3) is 0 Å². The quantitative estimate of drug-likeness (QED) is 0.896. The molecule has 0 aromatic heterocycles. The van der Waals surface area contributed by atoms with Gasteiger partial charge >= 0.3 is 0 Å². The first-order valence-corrected chi connectivity index (χ1v) is 7.79. The largest absolute Gasteiger partial charge is 0.312 e. The van der Waals surface area contributed by atoms with E-state index in [1.807, 2.05) is 12.1 Å². The van der Waals surface area contributed by atoms with Crippen molar-refractivity contribution in [2.75, 3.05) is 19.6 Å². The summed E-state index contributed by atoms with van der Waals surface area (Å²) in [6.07, 6.45) is 2.70. The second-order valence-corrected chi connectivity index (χ2v) is 6.72. The third-order valence-electron chi connectivity index (χ3n) is 4.08. The van der Waals surface area contributed by atoms with Gasteiger partial charge in [0.05, 0.1) is 0 Å². The Morgan fingerprint density at radius 3 is 3.11 bits per heavy atom. The molecule has 2 aliphatic rings. The minimum Gasteiger partial charge on any atom is -0.312 e. The van der Waals surface area contributed by atoms with Crippen LogP contribution in [0.15, 0.2) is 22.7 Å².